The van der Waals surface area contributed by atoms with E-state index in [0.717, 1.165) is 6.42 Å². The van der Waals surface area contributed by atoms with Gasteiger partial charge in [0.2, 0.25) is 0 Å². The second-order valence-corrected chi connectivity index (χ2v) is 6.79. The van der Waals surface area contributed by atoms with Gasteiger partial charge in [0.15, 0.2) is 0 Å². The van der Waals surface area contributed by atoms with Gasteiger partial charge in [0.25, 0.3) is 0 Å². The Kier molecular flexibility index (Phi) is 3.19. The maximum Gasteiger partial charge on any atom is 0.0338 e. The van der Waals surface area contributed by atoms with Crippen LogP contribution in [-0.4, -0.2) is 0 Å². The molecule has 0 nitrogen and oxygen atoms in total. The molecule has 0 aliphatic heterocycles. The summed E-state index contributed by atoms with van der Waals surface area (Å²) >= 11 is 3.92. The van der Waals surface area contributed by atoms with Gasteiger partial charge < -0.3 is 0 Å². The van der Waals surface area contributed by atoms with Crippen LogP contribution in [0.3, 0.4) is 0 Å². The van der Waals surface area contributed by atoms with Crippen molar-refractivity contribution in [1.29, 1.82) is 0 Å². The molecule has 22 heavy (non-hydrogen) atoms. The van der Waals surface area contributed by atoms with Crippen LogP contribution >= 0.6 is 15.9 Å². The van der Waals surface area contributed by atoms with E-state index in [-0.39, 0.29) is 0 Å². The molecule has 0 N–H and O–H groups in total. The van der Waals surface area contributed by atoms with Crippen LogP contribution in [0.25, 0.3) is 22.3 Å². The van der Waals surface area contributed by atoms with Crippen molar-refractivity contribution in [2.45, 2.75) is 20.3 Å². The summed E-state index contributed by atoms with van der Waals surface area (Å²) in [5.41, 5.74) is 11.1. The molecule has 0 bridgehead atoms. The highest BCUT2D eigenvalue weighted by molar-refractivity contribution is 9.10. The Morgan fingerprint density at radius 1 is 0.773 bits per heavy atom. The van der Waals surface area contributed by atoms with Crippen LogP contribution in [0.5, 0.6) is 0 Å². The molecule has 0 saturated carbocycles. The zero-order chi connectivity index (χ0) is 15.3. The summed E-state index contributed by atoms with van der Waals surface area (Å²) < 4.78 is 1.24. The summed E-state index contributed by atoms with van der Waals surface area (Å²) in [6, 6.07) is 19.4. The highest BCUT2D eigenvalue weighted by Crippen LogP contribution is 2.48. The first-order chi connectivity index (χ1) is 10.7. The molecule has 3 aromatic carbocycles. The first-order valence-electron chi connectivity index (χ1n) is 7.63. The van der Waals surface area contributed by atoms with Gasteiger partial charge >= 0.3 is 0 Å². The lowest BCUT2D eigenvalue weighted by Gasteiger charge is -2.18. The lowest BCUT2D eigenvalue weighted by Crippen LogP contribution is -1.96. The summed E-state index contributed by atoms with van der Waals surface area (Å²) in [6.45, 7) is 4.50. The van der Waals surface area contributed by atoms with Crippen molar-refractivity contribution in [3.63, 3.8) is 0 Å². The molecule has 0 unspecified atom stereocenters. The Balaban J connectivity index is 2.08. The molecule has 0 fully saturated rings. The van der Waals surface area contributed by atoms with E-state index in [1.165, 1.54) is 49.0 Å². The second kappa shape index (κ2) is 5.10. The van der Waals surface area contributed by atoms with Gasteiger partial charge in [-0.25, -0.2) is 0 Å². The van der Waals surface area contributed by atoms with Gasteiger partial charge in [-0.3, -0.25) is 0 Å². The number of hydrogen-bond acceptors (Lipinski definition) is 0. The monoisotopic (exact) mass is 348 g/mol. The van der Waals surface area contributed by atoms with Crippen molar-refractivity contribution in [2.75, 3.05) is 0 Å². The van der Waals surface area contributed by atoms with E-state index in [1.54, 1.807) is 0 Å². The first-order valence-corrected chi connectivity index (χ1v) is 8.43. The van der Waals surface area contributed by atoms with Crippen molar-refractivity contribution < 1.29 is 0 Å². The standard InChI is InChI=1S/C21H17Br/c1-13-14(2)19(15-8-4-3-5-9-15)21(22)20-17-11-7-6-10-16(17)12-18(13)20/h3-11H,12H2,1-2H3. The molecule has 1 aliphatic rings. The van der Waals surface area contributed by atoms with E-state index in [9.17, 15) is 0 Å². The molecule has 1 aliphatic carbocycles. The molecule has 3 aromatic rings. The summed E-state index contributed by atoms with van der Waals surface area (Å²) in [4.78, 5) is 0. The molecule has 0 spiro atoms. The molecule has 0 aromatic heterocycles. The normalized spacial score (nSPS) is 12.1. The third kappa shape index (κ3) is 1.89. The van der Waals surface area contributed by atoms with Crippen LogP contribution in [0.1, 0.15) is 22.3 Å². The average molecular weight is 349 g/mol. The van der Waals surface area contributed by atoms with Crippen LogP contribution in [-0.2, 0) is 6.42 Å². The van der Waals surface area contributed by atoms with Gasteiger partial charge in [0.05, 0.1) is 0 Å². The Hall–Kier alpha value is -1.86. The van der Waals surface area contributed by atoms with Gasteiger partial charge in [0, 0.05) is 10.0 Å². The molecule has 4 rings (SSSR count). The maximum absolute atomic E-state index is 3.92. The van der Waals surface area contributed by atoms with Gasteiger partial charge in [-0.2, -0.15) is 0 Å². The van der Waals surface area contributed by atoms with E-state index in [0.29, 0.717) is 0 Å². The number of halogens is 1. The Morgan fingerprint density at radius 2 is 1.45 bits per heavy atom. The summed E-state index contributed by atoms with van der Waals surface area (Å²) in [6.07, 6.45) is 1.05. The van der Waals surface area contributed by atoms with Crippen LogP contribution < -0.4 is 0 Å². The zero-order valence-electron chi connectivity index (χ0n) is 12.8. The number of benzene rings is 3. The number of hydrogen-bond donors (Lipinski definition) is 0. The second-order valence-electron chi connectivity index (χ2n) is 5.99. The smallest absolute Gasteiger partial charge is 0.0338 e. The third-order valence-corrected chi connectivity index (χ3v) is 5.64. The SMILES string of the molecule is Cc1c(C)c(-c2ccccc2)c(Br)c2c1Cc1ccccc1-2. The van der Waals surface area contributed by atoms with Gasteiger partial charge in [0.1, 0.15) is 0 Å². The summed E-state index contributed by atoms with van der Waals surface area (Å²) in [5, 5.41) is 0. The topological polar surface area (TPSA) is 0 Å². The predicted octanol–water partition coefficient (Wildman–Crippen LogP) is 6.30. The lowest BCUT2D eigenvalue weighted by molar-refractivity contribution is 1.19. The lowest BCUT2D eigenvalue weighted by atomic mass is 9.90. The van der Waals surface area contributed by atoms with E-state index in [4.69, 9.17) is 0 Å². The minimum Gasteiger partial charge on any atom is -0.0622 e. The summed E-state index contributed by atoms with van der Waals surface area (Å²) in [5.74, 6) is 0. The summed E-state index contributed by atoms with van der Waals surface area (Å²) in [7, 11) is 0. The van der Waals surface area contributed by atoms with E-state index in [1.807, 2.05) is 0 Å². The van der Waals surface area contributed by atoms with E-state index < -0.39 is 0 Å². The molecule has 0 atom stereocenters. The van der Waals surface area contributed by atoms with E-state index in [2.05, 4.69) is 84.4 Å². The molecule has 0 saturated heterocycles. The third-order valence-electron chi connectivity index (χ3n) is 4.85. The predicted molar refractivity (Wildman–Crippen MR) is 97.3 cm³/mol. The fourth-order valence-electron chi connectivity index (χ4n) is 3.58. The van der Waals surface area contributed by atoms with E-state index >= 15 is 0 Å². The quantitative estimate of drug-likeness (QED) is 0.378. The minimum absolute atomic E-state index is 1.05. The highest BCUT2D eigenvalue weighted by atomic mass is 79.9. The van der Waals surface area contributed by atoms with Crippen molar-refractivity contribution in [3.8, 4) is 22.3 Å². The van der Waals surface area contributed by atoms with Crippen molar-refractivity contribution in [1.82, 2.24) is 0 Å². The van der Waals surface area contributed by atoms with Crippen LogP contribution in [0.4, 0.5) is 0 Å². The molecule has 108 valence electrons. The maximum atomic E-state index is 3.92. The van der Waals surface area contributed by atoms with Crippen LogP contribution in [0.2, 0.25) is 0 Å². The molecule has 1 heteroatoms. The Labute approximate surface area is 140 Å². The van der Waals surface area contributed by atoms with Crippen molar-refractivity contribution in [2.24, 2.45) is 0 Å². The van der Waals surface area contributed by atoms with Gasteiger partial charge in [-0.05, 0) is 75.1 Å². The fraction of sp³-hybridized carbons (Fsp3) is 0.143. The number of fused-ring (bicyclic) bond motifs is 3. The molecule has 0 amide bonds. The zero-order valence-corrected chi connectivity index (χ0v) is 14.4. The fourth-order valence-corrected chi connectivity index (χ4v) is 4.56. The average Bonchev–Trinajstić information content (AvgIpc) is 2.94. The number of rotatable bonds is 1. The van der Waals surface area contributed by atoms with Gasteiger partial charge in [-0.1, -0.05) is 54.6 Å². The molecular weight excluding hydrogens is 332 g/mol. The van der Waals surface area contributed by atoms with Gasteiger partial charge in [-0.15, -0.1) is 0 Å². The van der Waals surface area contributed by atoms with Crippen molar-refractivity contribution >= 4 is 15.9 Å². The molecular formula is C21H17Br. The molecule has 0 heterocycles. The largest absolute Gasteiger partial charge is 0.0622 e. The van der Waals surface area contributed by atoms with Crippen LogP contribution in [0.15, 0.2) is 59.1 Å². The van der Waals surface area contributed by atoms with Crippen molar-refractivity contribution in [3.05, 3.63) is 81.3 Å². The Bertz CT molecular complexity index is 872. The highest BCUT2D eigenvalue weighted by Gasteiger charge is 2.26. The molecule has 0 radical (unpaired) electrons. The first kappa shape index (κ1) is 13.8. The Morgan fingerprint density at radius 3 is 2.23 bits per heavy atom. The minimum atomic E-state index is 1.05. The van der Waals surface area contributed by atoms with Crippen LogP contribution in [0, 0.1) is 13.8 Å².